The lowest BCUT2D eigenvalue weighted by atomic mass is 9.45. The third-order valence-electron chi connectivity index (χ3n) is 8.59. The van der Waals surface area contributed by atoms with Crippen molar-refractivity contribution in [1.82, 2.24) is 0 Å². The lowest BCUT2D eigenvalue weighted by Crippen LogP contribution is -2.68. The van der Waals surface area contributed by atoms with E-state index in [1.807, 2.05) is 0 Å². The Kier molecular flexibility index (Phi) is 9.95. The SMILES string of the molecule is O=C=NC(N=C=O)(N=C=O)C(N=C=O)(c1ccccc1)C(c1ccccc1)(c1ccccc1)C(N=C=O)(c1ccccc1)c1ccccc1. The van der Waals surface area contributed by atoms with Crippen LogP contribution >= 0.6 is 0 Å². The molecule has 0 aromatic heterocycles. The lowest BCUT2D eigenvalue weighted by molar-refractivity contribution is 0.0908. The number of hydrogen-bond donors (Lipinski definition) is 0. The molecule has 5 aromatic carbocycles. The van der Waals surface area contributed by atoms with Crippen LogP contribution in [0.4, 0.5) is 0 Å². The first-order valence-corrected chi connectivity index (χ1v) is 14.8. The normalized spacial score (nSPS) is 13.2. The minimum Gasteiger partial charge on any atom is -0.211 e. The molecule has 5 rings (SSSR count). The van der Waals surface area contributed by atoms with Gasteiger partial charge in [-0.2, -0.15) is 9.98 Å². The molecule has 0 aliphatic rings. The highest BCUT2D eigenvalue weighted by atomic mass is 16.1. The molecule has 0 heterocycles. The molecule has 0 saturated heterocycles. The van der Waals surface area contributed by atoms with E-state index < -0.39 is 22.3 Å². The fourth-order valence-electron chi connectivity index (χ4n) is 7.02. The van der Waals surface area contributed by atoms with Gasteiger partial charge < -0.3 is 0 Å². The molecule has 0 amide bonds. The van der Waals surface area contributed by atoms with E-state index in [4.69, 9.17) is 0 Å². The minimum absolute atomic E-state index is 0.0559. The Morgan fingerprint density at radius 3 is 0.918 bits per heavy atom. The van der Waals surface area contributed by atoms with E-state index in [0.717, 1.165) is 0 Å². The number of isocyanates is 5. The van der Waals surface area contributed by atoms with Crippen LogP contribution in [0.1, 0.15) is 27.8 Å². The van der Waals surface area contributed by atoms with Gasteiger partial charge in [0.1, 0.15) is 5.54 Å². The largest absolute Gasteiger partial charge is 0.308 e. The van der Waals surface area contributed by atoms with Gasteiger partial charge in [-0.3, -0.25) is 0 Å². The average Bonchev–Trinajstić information content (AvgIpc) is 3.16. The number of nitrogens with zero attached hydrogens (tertiary/aromatic N) is 5. The predicted molar refractivity (Wildman–Crippen MR) is 179 cm³/mol. The van der Waals surface area contributed by atoms with Crippen molar-refractivity contribution in [2.24, 2.45) is 25.0 Å². The van der Waals surface area contributed by atoms with Gasteiger partial charge in [-0.15, -0.1) is 15.0 Å². The second-order valence-electron chi connectivity index (χ2n) is 10.7. The molecular weight excluding hydrogens is 618 g/mol. The zero-order valence-electron chi connectivity index (χ0n) is 25.7. The Labute approximate surface area is 280 Å². The Morgan fingerprint density at radius 2 is 0.612 bits per heavy atom. The van der Waals surface area contributed by atoms with E-state index in [-0.39, 0.29) is 5.56 Å². The first-order chi connectivity index (χ1) is 24.1. The second kappa shape index (κ2) is 14.6. The molecule has 10 nitrogen and oxygen atoms in total. The maximum Gasteiger partial charge on any atom is 0.308 e. The monoisotopic (exact) mass is 643 g/mol. The van der Waals surface area contributed by atoms with Crippen molar-refractivity contribution in [3.8, 4) is 0 Å². The predicted octanol–water partition coefficient (Wildman–Crippen LogP) is 6.14. The van der Waals surface area contributed by atoms with Crippen molar-refractivity contribution in [1.29, 1.82) is 0 Å². The summed E-state index contributed by atoms with van der Waals surface area (Å²) in [6, 6.07) is 42.3. The summed E-state index contributed by atoms with van der Waals surface area (Å²) in [6.07, 6.45) is 7.53. The fourth-order valence-corrected chi connectivity index (χ4v) is 7.02. The molecule has 0 aliphatic carbocycles. The number of benzene rings is 5. The smallest absolute Gasteiger partial charge is 0.211 e. The van der Waals surface area contributed by atoms with Crippen molar-refractivity contribution < 1.29 is 24.0 Å². The van der Waals surface area contributed by atoms with Crippen molar-refractivity contribution in [2.75, 3.05) is 0 Å². The molecule has 1 unspecified atom stereocenters. The molecule has 49 heavy (non-hydrogen) atoms. The van der Waals surface area contributed by atoms with Crippen LogP contribution in [0.25, 0.3) is 0 Å². The summed E-state index contributed by atoms with van der Waals surface area (Å²) in [5.74, 6) is -2.99. The highest BCUT2D eigenvalue weighted by Gasteiger charge is 2.76. The quantitative estimate of drug-likeness (QED) is 0.112. The van der Waals surface area contributed by atoms with E-state index in [9.17, 15) is 24.0 Å². The number of hydrogen-bond acceptors (Lipinski definition) is 10. The molecule has 0 saturated carbocycles. The van der Waals surface area contributed by atoms with Crippen molar-refractivity contribution in [2.45, 2.75) is 22.3 Å². The zero-order chi connectivity index (χ0) is 34.6. The van der Waals surface area contributed by atoms with Gasteiger partial charge in [0.15, 0.2) is 5.54 Å². The Morgan fingerprint density at radius 1 is 0.327 bits per heavy atom. The van der Waals surface area contributed by atoms with Gasteiger partial charge in [-0.05, 0) is 27.8 Å². The van der Waals surface area contributed by atoms with Gasteiger partial charge in [0, 0.05) is 0 Å². The highest BCUT2D eigenvalue weighted by Crippen LogP contribution is 2.67. The summed E-state index contributed by atoms with van der Waals surface area (Å²) in [5, 5.41) is 0. The average molecular weight is 644 g/mol. The number of carbonyl (C=O) groups excluding carboxylic acids is 5. The summed E-state index contributed by atoms with van der Waals surface area (Å²) >= 11 is 0. The van der Waals surface area contributed by atoms with Crippen LogP contribution in [0, 0.1) is 0 Å². The maximum absolute atomic E-state index is 13.1. The molecule has 5 aromatic rings. The summed E-state index contributed by atoms with van der Waals surface area (Å²) in [4.78, 5) is 84.4. The van der Waals surface area contributed by atoms with E-state index in [1.165, 1.54) is 30.4 Å². The van der Waals surface area contributed by atoms with Crippen LogP contribution in [-0.4, -0.2) is 36.2 Å². The van der Waals surface area contributed by atoms with Crippen molar-refractivity contribution >= 4 is 30.4 Å². The minimum atomic E-state index is -2.99. The molecule has 10 heteroatoms. The highest BCUT2D eigenvalue weighted by molar-refractivity contribution is 5.66. The number of rotatable bonds is 13. The second-order valence-corrected chi connectivity index (χ2v) is 10.7. The maximum atomic E-state index is 13.1. The standard InChI is InChI=1S/C39H25N5O5/c45-26-40-37(33-20-10-3-11-21-33,34-22-12-4-13-23-34)36(31-16-6-1-7-17-31,32-18-8-2-9-19-32)38(41-27-46,35-24-14-5-15-25-35)39(42-28-47,43-29-48)44-30-49/h1-25H. The van der Waals surface area contributed by atoms with Crippen molar-refractivity contribution in [3.63, 3.8) is 0 Å². The fraction of sp³-hybridized carbons (Fsp3) is 0.103. The molecule has 0 bridgehead atoms. The summed E-state index contributed by atoms with van der Waals surface area (Å²) in [6.45, 7) is 0. The summed E-state index contributed by atoms with van der Waals surface area (Å²) in [7, 11) is 0. The topological polar surface area (TPSA) is 147 Å². The van der Waals surface area contributed by atoms with Gasteiger partial charge in [-0.1, -0.05) is 152 Å². The van der Waals surface area contributed by atoms with E-state index in [2.05, 4.69) is 25.0 Å². The van der Waals surface area contributed by atoms with Crippen LogP contribution < -0.4 is 0 Å². The van der Waals surface area contributed by atoms with Gasteiger partial charge in [0.25, 0.3) is 0 Å². The van der Waals surface area contributed by atoms with Crippen LogP contribution in [-0.2, 0) is 40.5 Å². The molecule has 236 valence electrons. The molecule has 0 N–H and O–H groups in total. The van der Waals surface area contributed by atoms with Gasteiger partial charge in [0.2, 0.25) is 30.4 Å². The summed E-state index contributed by atoms with van der Waals surface area (Å²) in [5.41, 5.74) is -5.43. The lowest BCUT2D eigenvalue weighted by Gasteiger charge is -2.58. The first kappa shape index (κ1) is 33.4. The van der Waals surface area contributed by atoms with Crippen LogP contribution in [0.15, 0.2) is 177 Å². The van der Waals surface area contributed by atoms with E-state index >= 15 is 0 Å². The van der Waals surface area contributed by atoms with Gasteiger partial charge >= 0.3 is 5.79 Å². The molecule has 0 aliphatic heterocycles. The Balaban J connectivity index is 2.37. The third-order valence-corrected chi connectivity index (χ3v) is 8.59. The third kappa shape index (κ3) is 5.15. The van der Waals surface area contributed by atoms with Crippen molar-refractivity contribution in [3.05, 3.63) is 179 Å². The van der Waals surface area contributed by atoms with Crippen LogP contribution in [0.2, 0.25) is 0 Å². The molecule has 0 radical (unpaired) electrons. The molecule has 0 spiro atoms. The Bertz CT molecular complexity index is 2030. The Hall–Kier alpha value is -7.00. The zero-order valence-corrected chi connectivity index (χ0v) is 25.7. The molecule has 0 fully saturated rings. The number of aliphatic imine (C=N–C) groups is 5. The van der Waals surface area contributed by atoms with Crippen LogP contribution in [0.3, 0.4) is 0 Å². The molecule has 1 atom stereocenters. The van der Waals surface area contributed by atoms with Gasteiger partial charge in [0.05, 0.1) is 5.41 Å². The van der Waals surface area contributed by atoms with Gasteiger partial charge in [-0.25, -0.2) is 24.0 Å². The molecular formula is C39H25N5O5. The summed E-state index contributed by atoms with van der Waals surface area (Å²) < 4.78 is 0. The van der Waals surface area contributed by atoms with E-state index in [0.29, 0.717) is 22.3 Å². The van der Waals surface area contributed by atoms with E-state index in [1.54, 1.807) is 152 Å². The van der Waals surface area contributed by atoms with Crippen LogP contribution in [0.5, 0.6) is 0 Å². The first-order valence-electron chi connectivity index (χ1n) is 14.8.